The van der Waals surface area contributed by atoms with Crippen molar-refractivity contribution in [3.05, 3.63) is 21.9 Å². The van der Waals surface area contributed by atoms with Crippen LogP contribution in [0.4, 0.5) is 0 Å². The van der Waals surface area contributed by atoms with E-state index in [-0.39, 0.29) is 23.8 Å². The largest absolute Gasteiger partial charge is 0.325 e. The summed E-state index contributed by atoms with van der Waals surface area (Å²) in [6.07, 6.45) is 0.461. The number of likely N-dealkylation sites (tertiary alicyclic amines) is 1. The Morgan fingerprint density at radius 2 is 2.19 bits per heavy atom. The average Bonchev–Trinajstić information content (AvgIpc) is 2.68. The summed E-state index contributed by atoms with van der Waals surface area (Å²) in [5.41, 5.74) is 0.648. The molecule has 1 aromatic rings. The lowest BCUT2D eigenvalue weighted by molar-refractivity contribution is -0.116. The summed E-state index contributed by atoms with van der Waals surface area (Å²) in [5, 5.41) is 1.91. The molecule has 0 N–H and O–H groups in total. The number of ketones is 1. The van der Waals surface area contributed by atoms with Gasteiger partial charge in [0.2, 0.25) is 0 Å². The van der Waals surface area contributed by atoms with Crippen LogP contribution in [0.1, 0.15) is 35.5 Å². The first-order chi connectivity index (χ1) is 7.42. The number of hydrogen-bond acceptors (Lipinski definition) is 3. The van der Waals surface area contributed by atoms with E-state index >= 15 is 0 Å². The van der Waals surface area contributed by atoms with Gasteiger partial charge in [-0.3, -0.25) is 9.59 Å². The molecule has 0 saturated carbocycles. The van der Waals surface area contributed by atoms with Crippen molar-refractivity contribution in [3.63, 3.8) is 0 Å². The van der Waals surface area contributed by atoms with Crippen LogP contribution in [0.25, 0.3) is 0 Å². The van der Waals surface area contributed by atoms with E-state index in [1.54, 1.807) is 4.90 Å². The molecule has 1 aliphatic heterocycles. The highest BCUT2D eigenvalue weighted by molar-refractivity contribution is 7.12. The number of hydrogen-bond donors (Lipinski definition) is 0. The molecule has 0 bridgehead atoms. The smallest absolute Gasteiger partial charge is 0.265 e. The number of aryl methyl sites for hydroxylation is 1. The maximum absolute atomic E-state index is 12.3. The zero-order chi connectivity index (χ0) is 11.9. The summed E-state index contributed by atoms with van der Waals surface area (Å²) in [6.45, 7) is 6.06. The van der Waals surface area contributed by atoms with Gasteiger partial charge >= 0.3 is 0 Å². The van der Waals surface area contributed by atoms with E-state index in [1.807, 2.05) is 32.2 Å². The van der Waals surface area contributed by atoms with Crippen molar-refractivity contribution in [2.45, 2.75) is 32.7 Å². The molecule has 86 valence electrons. The highest BCUT2D eigenvalue weighted by Crippen LogP contribution is 2.29. The van der Waals surface area contributed by atoms with Gasteiger partial charge in [0.1, 0.15) is 0 Å². The molecular weight excluding hydrogens is 222 g/mol. The van der Waals surface area contributed by atoms with Crippen molar-refractivity contribution < 1.29 is 9.59 Å². The second-order valence-corrected chi connectivity index (χ2v) is 5.77. The van der Waals surface area contributed by atoms with Gasteiger partial charge in [-0.15, -0.1) is 11.3 Å². The number of amides is 1. The van der Waals surface area contributed by atoms with Gasteiger partial charge in [0.25, 0.3) is 5.91 Å². The third-order valence-corrected chi connectivity index (χ3v) is 4.00. The molecule has 1 aromatic heterocycles. The summed E-state index contributed by atoms with van der Waals surface area (Å²) in [5.74, 6) is 0.135. The van der Waals surface area contributed by atoms with E-state index in [0.717, 1.165) is 10.4 Å². The average molecular weight is 237 g/mol. The summed E-state index contributed by atoms with van der Waals surface area (Å²) in [7, 11) is 0. The van der Waals surface area contributed by atoms with Crippen LogP contribution in [-0.4, -0.2) is 28.7 Å². The van der Waals surface area contributed by atoms with Crippen LogP contribution in [-0.2, 0) is 4.79 Å². The van der Waals surface area contributed by atoms with Crippen LogP contribution in [0.5, 0.6) is 0 Å². The lowest BCUT2D eigenvalue weighted by atomic mass is 10.0. The number of rotatable bonds is 1. The minimum absolute atomic E-state index is 0.0108. The van der Waals surface area contributed by atoms with E-state index in [0.29, 0.717) is 6.42 Å². The summed E-state index contributed by atoms with van der Waals surface area (Å²) in [4.78, 5) is 26.2. The molecule has 0 atom stereocenters. The maximum Gasteiger partial charge on any atom is 0.265 e. The molecule has 1 saturated heterocycles. The predicted molar refractivity (Wildman–Crippen MR) is 63.8 cm³/mol. The third kappa shape index (κ3) is 1.78. The Labute approximate surface area is 99.1 Å². The number of thiophene rings is 1. The van der Waals surface area contributed by atoms with Gasteiger partial charge in [0.15, 0.2) is 5.78 Å². The molecule has 4 heteroatoms. The zero-order valence-corrected chi connectivity index (χ0v) is 10.6. The number of carbonyl (C=O) groups excluding carboxylic acids is 2. The standard InChI is InChI=1S/C12H15NO2S/c1-8-4-5-16-10(8)11(15)13-7-9(14)6-12(13,2)3/h4-5H,6-7H2,1-3H3. The SMILES string of the molecule is Cc1ccsc1C(=O)N1CC(=O)CC1(C)C. The van der Waals surface area contributed by atoms with Crippen LogP contribution in [0.15, 0.2) is 11.4 Å². The molecule has 3 nitrogen and oxygen atoms in total. The molecule has 16 heavy (non-hydrogen) atoms. The molecule has 1 aliphatic rings. The predicted octanol–water partition coefficient (Wildman–Crippen LogP) is 2.25. The first-order valence-corrected chi connectivity index (χ1v) is 6.17. The van der Waals surface area contributed by atoms with Crippen molar-refractivity contribution >= 4 is 23.0 Å². The van der Waals surface area contributed by atoms with Crippen molar-refractivity contribution in [3.8, 4) is 0 Å². The molecule has 2 heterocycles. The van der Waals surface area contributed by atoms with Crippen molar-refractivity contribution in [2.24, 2.45) is 0 Å². The molecule has 0 radical (unpaired) electrons. The summed E-state index contributed by atoms with van der Waals surface area (Å²) >= 11 is 1.44. The molecule has 1 fully saturated rings. The lowest BCUT2D eigenvalue weighted by Gasteiger charge is -2.30. The molecule has 2 rings (SSSR count). The van der Waals surface area contributed by atoms with Crippen molar-refractivity contribution in [1.29, 1.82) is 0 Å². The van der Waals surface area contributed by atoms with Crippen LogP contribution < -0.4 is 0 Å². The molecule has 0 spiro atoms. The Bertz CT molecular complexity index is 448. The Balaban J connectivity index is 2.30. The van der Waals surface area contributed by atoms with Crippen LogP contribution >= 0.6 is 11.3 Å². The van der Waals surface area contributed by atoms with Gasteiger partial charge in [-0.25, -0.2) is 0 Å². The van der Waals surface area contributed by atoms with Gasteiger partial charge in [-0.2, -0.15) is 0 Å². The van der Waals surface area contributed by atoms with Gasteiger partial charge < -0.3 is 4.90 Å². The van der Waals surface area contributed by atoms with Gasteiger partial charge in [0, 0.05) is 12.0 Å². The number of carbonyl (C=O) groups is 2. The minimum Gasteiger partial charge on any atom is -0.325 e. The topological polar surface area (TPSA) is 37.4 Å². The summed E-state index contributed by atoms with van der Waals surface area (Å²) in [6, 6.07) is 1.93. The van der Waals surface area contributed by atoms with Crippen LogP contribution in [0, 0.1) is 6.92 Å². The molecular formula is C12H15NO2S. The quantitative estimate of drug-likeness (QED) is 0.751. The Kier molecular flexibility index (Phi) is 2.62. The second-order valence-electron chi connectivity index (χ2n) is 4.85. The van der Waals surface area contributed by atoms with E-state index < -0.39 is 0 Å². The maximum atomic E-state index is 12.3. The fourth-order valence-corrected chi connectivity index (χ4v) is 2.96. The molecule has 1 amide bonds. The Hall–Kier alpha value is -1.16. The molecule has 0 aliphatic carbocycles. The van der Waals surface area contributed by atoms with E-state index in [9.17, 15) is 9.59 Å². The lowest BCUT2D eigenvalue weighted by Crippen LogP contribution is -2.42. The summed E-state index contributed by atoms with van der Waals surface area (Å²) < 4.78 is 0. The van der Waals surface area contributed by atoms with Gasteiger partial charge in [-0.1, -0.05) is 0 Å². The van der Waals surface area contributed by atoms with Crippen molar-refractivity contribution in [2.75, 3.05) is 6.54 Å². The van der Waals surface area contributed by atoms with Crippen LogP contribution in [0.2, 0.25) is 0 Å². The Morgan fingerprint density at radius 1 is 1.50 bits per heavy atom. The fraction of sp³-hybridized carbons (Fsp3) is 0.500. The van der Waals surface area contributed by atoms with Gasteiger partial charge in [0.05, 0.1) is 11.4 Å². The van der Waals surface area contributed by atoms with Gasteiger partial charge in [-0.05, 0) is 37.8 Å². The molecule has 0 aromatic carbocycles. The van der Waals surface area contributed by atoms with E-state index in [1.165, 1.54) is 11.3 Å². The number of nitrogens with zero attached hydrogens (tertiary/aromatic N) is 1. The third-order valence-electron chi connectivity index (χ3n) is 3.00. The van der Waals surface area contributed by atoms with E-state index in [4.69, 9.17) is 0 Å². The zero-order valence-electron chi connectivity index (χ0n) is 9.74. The first-order valence-electron chi connectivity index (χ1n) is 5.29. The first kappa shape index (κ1) is 11.3. The van der Waals surface area contributed by atoms with Crippen LogP contribution in [0.3, 0.4) is 0 Å². The molecule has 0 unspecified atom stereocenters. The second kappa shape index (κ2) is 3.70. The highest BCUT2D eigenvalue weighted by atomic mass is 32.1. The monoisotopic (exact) mass is 237 g/mol. The fourth-order valence-electron chi connectivity index (χ4n) is 2.09. The highest BCUT2D eigenvalue weighted by Gasteiger charge is 2.41. The Morgan fingerprint density at radius 3 is 2.62 bits per heavy atom. The normalized spacial score (nSPS) is 19.2. The number of Topliss-reactive ketones (excluding diaryl/α,β-unsaturated/α-hetero) is 1. The minimum atomic E-state index is -0.343. The van der Waals surface area contributed by atoms with Crippen molar-refractivity contribution in [1.82, 2.24) is 4.90 Å². The van der Waals surface area contributed by atoms with E-state index in [2.05, 4.69) is 0 Å².